The summed E-state index contributed by atoms with van der Waals surface area (Å²) in [6.45, 7) is 9.55. The number of hydrogen-bond acceptors (Lipinski definition) is 6. The molecular formula is C27H35FN4O5. The van der Waals surface area contributed by atoms with Crippen LogP contribution >= 0.6 is 0 Å². The van der Waals surface area contributed by atoms with Gasteiger partial charge in [0.1, 0.15) is 11.4 Å². The van der Waals surface area contributed by atoms with Gasteiger partial charge in [-0.3, -0.25) is 9.59 Å². The highest BCUT2D eigenvalue weighted by atomic mass is 19.1. The normalized spacial score (nSPS) is 22.4. The van der Waals surface area contributed by atoms with Gasteiger partial charge >= 0.3 is 5.97 Å². The second kappa shape index (κ2) is 8.80. The number of aromatic carboxylic acids is 1. The summed E-state index contributed by atoms with van der Waals surface area (Å²) in [7, 11) is 0. The fraction of sp³-hybridized carbons (Fsp3) is 0.593. The largest absolute Gasteiger partial charge is 0.477 e. The van der Waals surface area contributed by atoms with E-state index < -0.39 is 28.3 Å². The van der Waals surface area contributed by atoms with E-state index in [4.69, 9.17) is 0 Å². The summed E-state index contributed by atoms with van der Waals surface area (Å²) in [6, 6.07) is 2.91. The number of aromatic nitrogens is 1. The van der Waals surface area contributed by atoms with Crippen molar-refractivity contribution in [1.29, 1.82) is 0 Å². The van der Waals surface area contributed by atoms with Gasteiger partial charge in [-0.25, -0.2) is 9.18 Å². The predicted molar refractivity (Wildman–Crippen MR) is 137 cm³/mol. The standard InChI is InChI=1S/C27H35FN4O5/c1-26(2)13-16(14-27(3,4)32(26)37)24(34)30-9-7-29(8-10-30)22-12-21-18(11-20(22)28)23(33)19(25(35)36)15-31(21)17-5-6-17/h11-12,15-17,37H,5-10,13-14H2,1-4H3,(H,35,36). The zero-order valence-corrected chi connectivity index (χ0v) is 21.8. The van der Waals surface area contributed by atoms with Crippen LogP contribution in [0.25, 0.3) is 10.9 Å². The first kappa shape index (κ1) is 25.7. The third-order valence-corrected chi connectivity index (χ3v) is 8.19. The molecule has 1 aromatic carbocycles. The van der Waals surface area contributed by atoms with Gasteiger partial charge in [-0.15, -0.1) is 0 Å². The number of carbonyl (C=O) groups is 2. The lowest BCUT2D eigenvalue weighted by Gasteiger charge is -2.51. The van der Waals surface area contributed by atoms with Crippen LogP contribution in [-0.4, -0.2) is 74.0 Å². The van der Waals surface area contributed by atoms with Gasteiger partial charge in [0.15, 0.2) is 0 Å². The van der Waals surface area contributed by atoms with Crippen molar-refractivity contribution in [2.45, 2.75) is 70.5 Å². The average molecular weight is 515 g/mol. The number of anilines is 1. The van der Waals surface area contributed by atoms with E-state index >= 15 is 4.39 Å². The molecule has 0 atom stereocenters. The summed E-state index contributed by atoms with van der Waals surface area (Å²) < 4.78 is 17.1. The number of hydroxylamine groups is 2. The number of piperidine rings is 1. The number of carbonyl (C=O) groups excluding carboxylic acids is 1. The fourth-order valence-electron chi connectivity index (χ4n) is 6.28. The third kappa shape index (κ3) is 4.50. The highest BCUT2D eigenvalue weighted by Crippen LogP contribution is 2.41. The van der Waals surface area contributed by atoms with Crippen LogP contribution in [0.4, 0.5) is 10.1 Å². The Kier molecular flexibility index (Phi) is 6.10. The minimum Gasteiger partial charge on any atom is -0.477 e. The molecule has 5 rings (SSSR count). The van der Waals surface area contributed by atoms with Crippen LogP contribution in [0.3, 0.4) is 0 Å². The molecule has 2 aromatic rings. The minimum absolute atomic E-state index is 0.0663. The van der Waals surface area contributed by atoms with Gasteiger partial charge in [-0.05, 0) is 65.5 Å². The number of fused-ring (bicyclic) bond motifs is 1. The number of piperazine rings is 1. The molecule has 10 heteroatoms. The lowest BCUT2D eigenvalue weighted by molar-refractivity contribution is -0.250. The Morgan fingerprint density at radius 2 is 1.59 bits per heavy atom. The Morgan fingerprint density at radius 3 is 2.14 bits per heavy atom. The van der Waals surface area contributed by atoms with Crippen LogP contribution < -0.4 is 10.3 Å². The Bertz CT molecular complexity index is 1310. The number of pyridine rings is 1. The van der Waals surface area contributed by atoms with Gasteiger partial charge < -0.3 is 24.7 Å². The molecule has 9 nitrogen and oxygen atoms in total. The highest BCUT2D eigenvalue weighted by Gasteiger charge is 2.48. The van der Waals surface area contributed by atoms with Crippen molar-refractivity contribution in [1.82, 2.24) is 14.5 Å². The molecule has 1 amide bonds. The van der Waals surface area contributed by atoms with Crippen molar-refractivity contribution < 1.29 is 24.3 Å². The molecule has 1 aliphatic carbocycles. The Morgan fingerprint density at radius 1 is 1.00 bits per heavy atom. The summed E-state index contributed by atoms with van der Waals surface area (Å²) in [4.78, 5) is 41.5. The van der Waals surface area contributed by atoms with E-state index in [2.05, 4.69) is 0 Å². The summed E-state index contributed by atoms with van der Waals surface area (Å²) in [5.74, 6) is -2.03. The Balaban J connectivity index is 1.37. The lowest BCUT2D eigenvalue weighted by atomic mass is 9.74. The topological polar surface area (TPSA) is 106 Å². The molecule has 2 aliphatic heterocycles. The SMILES string of the molecule is CC1(C)CC(C(=O)N2CCN(c3cc4c(cc3F)c(=O)c(C(=O)O)cn4C3CC3)CC2)CC(C)(C)N1O. The number of carboxylic acids is 1. The van der Waals surface area contributed by atoms with Crippen LogP contribution in [-0.2, 0) is 4.79 Å². The van der Waals surface area contributed by atoms with Crippen LogP contribution in [0.15, 0.2) is 23.1 Å². The summed E-state index contributed by atoms with van der Waals surface area (Å²) in [5.41, 5.74) is -1.18. The van der Waals surface area contributed by atoms with Gasteiger partial charge in [-0.1, -0.05) is 0 Å². The molecule has 0 bridgehead atoms. The van der Waals surface area contributed by atoms with Crippen molar-refractivity contribution >= 4 is 28.5 Å². The maximum Gasteiger partial charge on any atom is 0.341 e. The second-order valence-corrected chi connectivity index (χ2v) is 12.0. The van der Waals surface area contributed by atoms with Crippen LogP contribution in [0, 0.1) is 11.7 Å². The van der Waals surface area contributed by atoms with E-state index in [1.165, 1.54) is 11.3 Å². The monoisotopic (exact) mass is 514 g/mol. The zero-order valence-electron chi connectivity index (χ0n) is 21.8. The number of nitrogens with zero attached hydrogens (tertiary/aromatic N) is 4. The first-order valence-electron chi connectivity index (χ1n) is 12.9. The van der Waals surface area contributed by atoms with Crippen LogP contribution in [0.5, 0.6) is 0 Å². The van der Waals surface area contributed by atoms with Crippen molar-refractivity contribution in [3.63, 3.8) is 0 Å². The molecule has 3 heterocycles. The summed E-state index contributed by atoms with van der Waals surface area (Å²) in [5, 5.41) is 21.5. The van der Waals surface area contributed by atoms with E-state index in [9.17, 15) is 24.7 Å². The van der Waals surface area contributed by atoms with Gasteiger partial charge in [0.05, 0.1) is 11.2 Å². The molecule has 0 radical (unpaired) electrons. The zero-order chi connectivity index (χ0) is 26.9. The number of amides is 1. The van der Waals surface area contributed by atoms with E-state index in [1.807, 2.05) is 37.5 Å². The average Bonchev–Trinajstić information content (AvgIpc) is 3.67. The van der Waals surface area contributed by atoms with Crippen molar-refractivity contribution in [2.24, 2.45) is 5.92 Å². The molecule has 2 N–H and O–H groups in total. The molecule has 2 saturated heterocycles. The highest BCUT2D eigenvalue weighted by molar-refractivity contribution is 5.93. The molecule has 3 fully saturated rings. The number of benzene rings is 1. The Labute approximate surface area is 215 Å². The first-order chi connectivity index (χ1) is 17.3. The van der Waals surface area contributed by atoms with Crippen molar-refractivity contribution in [3.8, 4) is 0 Å². The van der Waals surface area contributed by atoms with E-state index in [-0.39, 0.29) is 28.8 Å². The number of hydrogen-bond donors (Lipinski definition) is 2. The molecule has 0 unspecified atom stereocenters. The molecule has 200 valence electrons. The predicted octanol–water partition coefficient (Wildman–Crippen LogP) is 3.48. The van der Waals surface area contributed by atoms with Crippen LogP contribution in [0.1, 0.15) is 69.8 Å². The summed E-state index contributed by atoms with van der Waals surface area (Å²) >= 11 is 0. The maximum absolute atomic E-state index is 15.3. The number of rotatable bonds is 4. The smallest absolute Gasteiger partial charge is 0.341 e. The molecule has 0 spiro atoms. The van der Waals surface area contributed by atoms with E-state index in [0.717, 1.165) is 18.9 Å². The number of halogens is 1. The molecule has 3 aliphatic rings. The van der Waals surface area contributed by atoms with Gasteiger partial charge in [0.25, 0.3) is 0 Å². The Hall–Kier alpha value is -2.98. The van der Waals surface area contributed by atoms with Gasteiger partial charge in [0, 0.05) is 60.8 Å². The van der Waals surface area contributed by atoms with E-state index in [0.29, 0.717) is 50.2 Å². The summed E-state index contributed by atoms with van der Waals surface area (Å²) in [6.07, 6.45) is 4.26. The van der Waals surface area contributed by atoms with Gasteiger partial charge in [0.2, 0.25) is 11.3 Å². The molecule has 1 saturated carbocycles. The minimum atomic E-state index is -1.32. The molecular weight excluding hydrogens is 479 g/mol. The third-order valence-electron chi connectivity index (χ3n) is 8.19. The number of carboxylic acid groups (broad SMARTS) is 1. The van der Waals surface area contributed by atoms with Crippen molar-refractivity contribution in [3.05, 3.63) is 39.9 Å². The quantitative estimate of drug-likeness (QED) is 0.643. The molecule has 37 heavy (non-hydrogen) atoms. The molecule has 1 aromatic heterocycles. The maximum atomic E-state index is 15.3. The van der Waals surface area contributed by atoms with Gasteiger partial charge in [-0.2, -0.15) is 5.06 Å². The lowest BCUT2D eigenvalue weighted by Crippen LogP contribution is -2.61. The second-order valence-electron chi connectivity index (χ2n) is 12.0. The van der Waals surface area contributed by atoms with E-state index in [1.54, 1.807) is 10.6 Å². The first-order valence-corrected chi connectivity index (χ1v) is 12.9. The fourth-order valence-corrected chi connectivity index (χ4v) is 6.28. The van der Waals surface area contributed by atoms with Crippen LogP contribution in [0.2, 0.25) is 0 Å². The van der Waals surface area contributed by atoms with Crippen molar-refractivity contribution in [2.75, 3.05) is 31.1 Å².